The molecule has 0 bridgehead atoms. The lowest BCUT2D eigenvalue weighted by molar-refractivity contribution is 1.09. The maximum Gasteiger partial charge on any atom is 0.129 e. The van der Waals surface area contributed by atoms with E-state index < -0.39 is 0 Å². The van der Waals surface area contributed by atoms with Crippen LogP contribution < -0.4 is 5.32 Å². The minimum atomic E-state index is 0.802. The lowest BCUT2D eigenvalue weighted by atomic mass is 10.2. The third-order valence-electron chi connectivity index (χ3n) is 2.35. The topological polar surface area (TPSA) is 24.9 Å². The van der Waals surface area contributed by atoms with Crippen molar-refractivity contribution in [2.24, 2.45) is 0 Å². The molecule has 0 aliphatic carbocycles. The van der Waals surface area contributed by atoms with Crippen molar-refractivity contribution in [3.05, 3.63) is 58.2 Å². The summed E-state index contributed by atoms with van der Waals surface area (Å²) in [6.07, 6.45) is 1.81. The fourth-order valence-electron chi connectivity index (χ4n) is 1.51. The molecule has 0 aliphatic rings. The minimum absolute atomic E-state index is 0.802. The highest BCUT2D eigenvalue weighted by atomic mass is 79.9. The number of hydrogen-bond donors (Lipinski definition) is 1. The molecule has 82 valence electrons. The standard InChI is InChI=1S/C13H13BrN2/c1-10-7-12(14)9-16-13(10)15-8-11-5-3-2-4-6-11/h2-7,9H,8H2,1H3,(H,15,16). The van der Waals surface area contributed by atoms with Gasteiger partial charge in [0.25, 0.3) is 0 Å². The number of nitrogens with zero attached hydrogens (tertiary/aromatic N) is 1. The number of anilines is 1. The van der Waals surface area contributed by atoms with Crippen LogP contribution in [0.3, 0.4) is 0 Å². The van der Waals surface area contributed by atoms with Gasteiger partial charge in [-0.1, -0.05) is 30.3 Å². The normalized spacial score (nSPS) is 10.1. The molecule has 3 heteroatoms. The van der Waals surface area contributed by atoms with Crippen LogP contribution in [0, 0.1) is 6.92 Å². The van der Waals surface area contributed by atoms with Gasteiger partial charge in [-0.15, -0.1) is 0 Å². The summed E-state index contributed by atoms with van der Waals surface area (Å²) in [5.74, 6) is 0.937. The predicted molar refractivity (Wildman–Crippen MR) is 70.4 cm³/mol. The summed E-state index contributed by atoms with van der Waals surface area (Å²) >= 11 is 3.40. The average molecular weight is 277 g/mol. The van der Waals surface area contributed by atoms with Crippen LogP contribution in [-0.4, -0.2) is 4.98 Å². The Bertz CT molecular complexity index is 469. The molecular formula is C13H13BrN2. The number of benzene rings is 1. The van der Waals surface area contributed by atoms with E-state index in [-0.39, 0.29) is 0 Å². The van der Waals surface area contributed by atoms with Gasteiger partial charge in [0.05, 0.1) is 0 Å². The van der Waals surface area contributed by atoms with E-state index in [1.54, 1.807) is 6.20 Å². The molecule has 2 aromatic rings. The Hall–Kier alpha value is -1.35. The van der Waals surface area contributed by atoms with E-state index in [9.17, 15) is 0 Å². The van der Waals surface area contributed by atoms with E-state index in [0.717, 1.165) is 22.4 Å². The van der Waals surface area contributed by atoms with E-state index in [1.165, 1.54) is 5.56 Å². The van der Waals surface area contributed by atoms with E-state index in [0.29, 0.717) is 0 Å². The summed E-state index contributed by atoms with van der Waals surface area (Å²) in [6.45, 7) is 2.85. The predicted octanol–water partition coefficient (Wildman–Crippen LogP) is 3.76. The van der Waals surface area contributed by atoms with Gasteiger partial charge in [-0.3, -0.25) is 0 Å². The quantitative estimate of drug-likeness (QED) is 0.923. The van der Waals surface area contributed by atoms with Crippen LogP contribution in [0.15, 0.2) is 47.1 Å². The van der Waals surface area contributed by atoms with Gasteiger partial charge in [0, 0.05) is 17.2 Å². The number of hydrogen-bond acceptors (Lipinski definition) is 2. The second-order valence-electron chi connectivity index (χ2n) is 3.66. The Morgan fingerprint density at radius 1 is 1.25 bits per heavy atom. The lowest BCUT2D eigenvalue weighted by Crippen LogP contribution is -2.02. The Labute approximate surface area is 104 Å². The number of aryl methyl sites for hydroxylation is 1. The zero-order valence-corrected chi connectivity index (χ0v) is 10.7. The van der Waals surface area contributed by atoms with Crippen molar-refractivity contribution in [1.82, 2.24) is 4.98 Å². The van der Waals surface area contributed by atoms with Gasteiger partial charge in [-0.2, -0.15) is 0 Å². The van der Waals surface area contributed by atoms with Gasteiger partial charge in [-0.05, 0) is 40.0 Å². The molecule has 0 fully saturated rings. The van der Waals surface area contributed by atoms with Gasteiger partial charge < -0.3 is 5.32 Å². The zero-order valence-electron chi connectivity index (χ0n) is 9.07. The van der Waals surface area contributed by atoms with E-state index in [1.807, 2.05) is 25.1 Å². The number of halogens is 1. The van der Waals surface area contributed by atoms with Crippen LogP contribution in [-0.2, 0) is 6.54 Å². The van der Waals surface area contributed by atoms with Gasteiger partial charge in [-0.25, -0.2) is 4.98 Å². The molecule has 0 unspecified atom stereocenters. The summed E-state index contributed by atoms with van der Waals surface area (Å²) in [5.41, 5.74) is 2.40. The van der Waals surface area contributed by atoms with Gasteiger partial charge >= 0.3 is 0 Å². The van der Waals surface area contributed by atoms with Gasteiger partial charge in [0.15, 0.2) is 0 Å². The average Bonchev–Trinajstić information content (AvgIpc) is 2.29. The highest BCUT2D eigenvalue weighted by Gasteiger charge is 1.99. The first-order valence-corrected chi connectivity index (χ1v) is 5.95. The summed E-state index contributed by atoms with van der Waals surface area (Å²) in [6, 6.07) is 12.4. The lowest BCUT2D eigenvalue weighted by Gasteiger charge is -2.08. The molecule has 16 heavy (non-hydrogen) atoms. The SMILES string of the molecule is Cc1cc(Br)cnc1NCc1ccccc1. The molecule has 0 saturated heterocycles. The molecule has 0 saturated carbocycles. The second-order valence-corrected chi connectivity index (χ2v) is 4.57. The molecule has 1 aromatic carbocycles. The smallest absolute Gasteiger partial charge is 0.129 e. The highest BCUT2D eigenvalue weighted by molar-refractivity contribution is 9.10. The van der Waals surface area contributed by atoms with E-state index >= 15 is 0 Å². The Morgan fingerprint density at radius 3 is 2.69 bits per heavy atom. The first-order chi connectivity index (χ1) is 7.75. The first-order valence-electron chi connectivity index (χ1n) is 5.15. The van der Waals surface area contributed by atoms with Crippen LogP contribution in [0.1, 0.15) is 11.1 Å². The molecule has 0 aliphatic heterocycles. The third-order valence-corrected chi connectivity index (χ3v) is 2.78. The van der Waals surface area contributed by atoms with Crippen molar-refractivity contribution in [2.75, 3.05) is 5.32 Å². The van der Waals surface area contributed by atoms with E-state index in [4.69, 9.17) is 0 Å². The van der Waals surface area contributed by atoms with Gasteiger partial charge in [0.1, 0.15) is 5.82 Å². The maximum absolute atomic E-state index is 4.33. The fraction of sp³-hybridized carbons (Fsp3) is 0.154. The van der Waals surface area contributed by atoms with Crippen molar-refractivity contribution in [3.63, 3.8) is 0 Å². The monoisotopic (exact) mass is 276 g/mol. The molecule has 0 radical (unpaired) electrons. The largest absolute Gasteiger partial charge is 0.366 e. The van der Waals surface area contributed by atoms with Crippen molar-refractivity contribution in [3.8, 4) is 0 Å². The fourth-order valence-corrected chi connectivity index (χ4v) is 1.95. The molecule has 1 aromatic heterocycles. The maximum atomic E-state index is 4.33. The summed E-state index contributed by atoms with van der Waals surface area (Å²) in [5, 5.41) is 3.32. The van der Waals surface area contributed by atoms with Crippen LogP contribution in [0.2, 0.25) is 0 Å². The van der Waals surface area contributed by atoms with Crippen molar-refractivity contribution >= 4 is 21.7 Å². The van der Waals surface area contributed by atoms with Crippen molar-refractivity contribution in [2.45, 2.75) is 13.5 Å². The molecule has 0 atom stereocenters. The first kappa shape index (κ1) is 11.1. The van der Waals surface area contributed by atoms with Crippen molar-refractivity contribution < 1.29 is 0 Å². The van der Waals surface area contributed by atoms with Crippen LogP contribution >= 0.6 is 15.9 Å². The molecule has 2 nitrogen and oxygen atoms in total. The molecular weight excluding hydrogens is 264 g/mol. The summed E-state index contributed by atoms with van der Waals surface area (Å²) in [4.78, 5) is 4.33. The number of rotatable bonds is 3. The minimum Gasteiger partial charge on any atom is -0.366 e. The van der Waals surface area contributed by atoms with Crippen molar-refractivity contribution in [1.29, 1.82) is 0 Å². The number of pyridine rings is 1. The molecule has 1 N–H and O–H groups in total. The second kappa shape index (κ2) is 5.12. The number of aromatic nitrogens is 1. The summed E-state index contributed by atoms with van der Waals surface area (Å²) < 4.78 is 1.01. The molecule has 2 rings (SSSR count). The summed E-state index contributed by atoms with van der Waals surface area (Å²) in [7, 11) is 0. The zero-order chi connectivity index (χ0) is 11.4. The number of nitrogens with one attached hydrogen (secondary N) is 1. The van der Waals surface area contributed by atoms with Crippen LogP contribution in [0.25, 0.3) is 0 Å². The Balaban J connectivity index is 2.05. The third kappa shape index (κ3) is 2.83. The van der Waals surface area contributed by atoms with Crippen LogP contribution in [0.4, 0.5) is 5.82 Å². The Kier molecular flexibility index (Phi) is 3.57. The van der Waals surface area contributed by atoms with Gasteiger partial charge in [0.2, 0.25) is 0 Å². The Morgan fingerprint density at radius 2 is 2.00 bits per heavy atom. The van der Waals surface area contributed by atoms with Crippen LogP contribution in [0.5, 0.6) is 0 Å². The highest BCUT2D eigenvalue weighted by Crippen LogP contribution is 2.17. The molecule has 0 spiro atoms. The molecule has 0 amide bonds. The van der Waals surface area contributed by atoms with E-state index in [2.05, 4.69) is 44.4 Å². The molecule has 1 heterocycles.